The molecule has 0 aromatic heterocycles. The van der Waals surface area contributed by atoms with E-state index in [1.54, 1.807) is 12.1 Å². The van der Waals surface area contributed by atoms with Crippen LogP contribution < -0.4 is 4.74 Å². The minimum atomic E-state index is -1.77. The van der Waals surface area contributed by atoms with E-state index in [2.05, 4.69) is 0 Å². The average molecular weight is 659 g/mol. The summed E-state index contributed by atoms with van der Waals surface area (Å²) < 4.78 is 22.0. The first-order chi connectivity index (χ1) is 22.4. The molecule has 0 bridgehead atoms. The van der Waals surface area contributed by atoms with Gasteiger partial charge in [0.05, 0.1) is 18.8 Å². The number of benzene rings is 3. The van der Waals surface area contributed by atoms with Gasteiger partial charge in [0, 0.05) is 12.8 Å². The average Bonchev–Trinajstić information content (AvgIpc) is 3.05. The van der Waals surface area contributed by atoms with Crippen molar-refractivity contribution in [2.45, 2.75) is 68.9 Å². The number of carbonyl (C=O) groups excluding carboxylic acids is 2. The minimum Gasteiger partial charge on any atom is -0.504 e. The third kappa shape index (κ3) is 9.24. The fraction of sp³-hybridized carbons (Fsp3) is 0.394. The largest absolute Gasteiger partial charge is 0.504 e. The van der Waals surface area contributed by atoms with Crippen LogP contribution in [0.5, 0.6) is 34.5 Å². The summed E-state index contributed by atoms with van der Waals surface area (Å²) >= 11 is 0. The molecular formula is C33H38O14. The smallest absolute Gasteiger partial charge is 0.338 e. The molecule has 1 saturated heterocycles. The molecule has 6 unspecified atom stereocenters. The molecule has 0 amide bonds. The number of esters is 1. The van der Waals surface area contributed by atoms with E-state index in [4.69, 9.17) is 18.9 Å². The Bertz CT molecular complexity index is 1540. The van der Waals surface area contributed by atoms with Crippen LogP contribution in [0.3, 0.4) is 0 Å². The van der Waals surface area contributed by atoms with E-state index in [9.17, 15) is 50.4 Å². The molecule has 3 aromatic carbocycles. The van der Waals surface area contributed by atoms with Crippen molar-refractivity contribution in [3.05, 3.63) is 71.3 Å². The monoisotopic (exact) mass is 658 g/mol. The summed E-state index contributed by atoms with van der Waals surface area (Å²) in [5.41, 5.74) is 1.24. The maximum atomic E-state index is 13.0. The number of ketones is 1. The first kappa shape index (κ1) is 35.3. The number of aliphatic hydroxyl groups excluding tert-OH is 3. The van der Waals surface area contributed by atoms with Gasteiger partial charge in [-0.15, -0.1) is 0 Å². The highest BCUT2D eigenvalue weighted by Crippen LogP contribution is 2.30. The third-order valence-electron chi connectivity index (χ3n) is 7.77. The summed E-state index contributed by atoms with van der Waals surface area (Å²) in [4.78, 5) is 25.7. The number of ether oxygens (including phenoxy) is 4. The van der Waals surface area contributed by atoms with Gasteiger partial charge in [0.1, 0.15) is 36.8 Å². The van der Waals surface area contributed by atoms with E-state index in [0.717, 1.165) is 0 Å². The zero-order chi connectivity index (χ0) is 34.2. The van der Waals surface area contributed by atoms with Gasteiger partial charge in [-0.2, -0.15) is 0 Å². The number of hydrogen-bond acceptors (Lipinski definition) is 14. The second kappa shape index (κ2) is 15.8. The van der Waals surface area contributed by atoms with Gasteiger partial charge in [-0.1, -0.05) is 12.1 Å². The van der Waals surface area contributed by atoms with Crippen molar-refractivity contribution < 1.29 is 69.4 Å². The van der Waals surface area contributed by atoms with Crippen LogP contribution in [0, 0.1) is 0 Å². The van der Waals surface area contributed by atoms with Crippen LogP contribution in [0.4, 0.5) is 0 Å². The molecule has 4 rings (SSSR count). The maximum absolute atomic E-state index is 13.0. The van der Waals surface area contributed by atoms with Crippen LogP contribution >= 0.6 is 0 Å². The quantitative estimate of drug-likeness (QED) is 0.0912. The molecule has 1 aliphatic rings. The molecule has 1 heterocycles. The lowest BCUT2D eigenvalue weighted by Crippen LogP contribution is -2.60. The Balaban J connectivity index is 1.44. The summed E-state index contributed by atoms with van der Waals surface area (Å²) in [6, 6.07) is 12.2. The topological polar surface area (TPSA) is 233 Å². The number of Topliss-reactive ketones (excluding diaryl/α,β-unsaturated/α-hetero) is 1. The molecule has 14 nitrogen and oxygen atoms in total. The van der Waals surface area contributed by atoms with Gasteiger partial charge in [-0.25, -0.2) is 4.79 Å². The zero-order valence-electron chi connectivity index (χ0n) is 25.4. The maximum Gasteiger partial charge on any atom is 0.338 e. The molecular weight excluding hydrogens is 620 g/mol. The fourth-order valence-electron chi connectivity index (χ4n) is 5.04. The van der Waals surface area contributed by atoms with Gasteiger partial charge in [-0.3, -0.25) is 4.79 Å². The third-order valence-corrected chi connectivity index (χ3v) is 7.77. The van der Waals surface area contributed by atoms with Crippen molar-refractivity contribution in [2.24, 2.45) is 0 Å². The number of phenolic OH excluding ortho intramolecular Hbond substituents is 5. The predicted molar refractivity (Wildman–Crippen MR) is 162 cm³/mol. The molecule has 6 atom stereocenters. The van der Waals surface area contributed by atoms with Crippen LogP contribution in [0.15, 0.2) is 54.6 Å². The van der Waals surface area contributed by atoms with Gasteiger partial charge >= 0.3 is 5.97 Å². The molecule has 3 aromatic rings. The highest BCUT2D eigenvalue weighted by Gasteiger charge is 2.45. The normalized spacial score (nSPS) is 21.6. The van der Waals surface area contributed by atoms with Crippen LogP contribution in [0.1, 0.15) is 40.7 Å². The predicted octanol–water partition coefficient (Wildman–Crippen LogP) is 1.80. The second-order valence-electron chi connectivity index (χ2n) is 11.2. The van der Waals surface area contributed by atoms with Gasteiger partial charge < -0.3 is 59.8 Å². The number of carbonyl (C=O) groups is 2. The van der Waals surface area contributed by atoms with Crippen molar-refractivity contribution in [3.63, 3.8) is 0 Å². The molecule has 254 valence electrons. The first-order valence-corrected chi connectivity index (χ1v) is 14.8. The van der Waals surface area contributed by atoms with E-state index in [0.29, 0.717) is 11.1 Å². The van der Waals surface area contributed by atoms with Crippen molar-refractivity contribution in [2.75, 3.05) is 13.7 Å². The Morgan fingerprint density at radius 1 is 0.766 bits per heavy atom. The zero-order valence-corrected chi connectivity index (χ0v) is 25.4. The van der Waals surface area contributed by atoms with Gasteiger partial charge in [0.25, 0.3) is 0 Å². The van der Waals surface area contributed by atoms with Gasteiger partial charge in [0.15, 0.2) is 40.8 Å². The Labute approximate surface area is 269 Å². The van der Waals surface area contributed by atoms with Crippen molar-refractivity contribution in [1.29, 1.82) is 0 Å². The standard InChI is InChI=1S/C33H38O14/c1-44-27-14-19(6-11-24(27)37)32(43)45-16-28-29(40)30(41)31(42)33(47-28)46-21(8-3-18-5-10-23(36)26(39)13-18)15-20(34)7-2-17-4-9-22(35)25(38)12-17/h4-6,9-14,21,28-31,33,35-42H,2-3,7-8,15-16H2,1H3. The van der Waals surface area contributed by atoms with Gasteiger partial charge in [-0.05, 0) is 72.9 Å². The van der Waals surface area contributed by atoms with Crippen LogP contribution in [-0.2, 0) is 31.8 Å². The Hall–Kier alpha value is -4.60. The number of phenols is 5. The number of aryl methyl sites for hydroxylation is 2. The van der Waals surface area contributed by atoms with E-state index < -0.39 is 49.4 Å². The van der Waals surface area contributed by atoms with E-state index >= 15 is 0 Å². The Morgan fingerprint density at radius 3 is 2.00 bits per heavy atom. The SMILES string of the molecule is COc1cc(C(=O)OCC2OC(OC(CCc3ccc(O)c(O)c3)CC(=O)CCc3ccc(O)c(O)c3)C(O)C(O)C2O)ccc1O. The molecule has 0 aliphatic carbocycles. The Kier molecular flexibility index (Phi) is 11.9. The molecule has 8 N–H and O–H groups in total. The number of methoxy groups -OCH3 is 1. The lowest BCUT2D eigenvalue weighted by atomic mass is 9.97. The molecule has 1 aliphatic heterocycles. The molecule has 47 heavy (non-hydrogen) atoms. The summed E-state index contributed by atoms with van der Waals surface area (Å²) in [6.07, 6.45) is -8.41. The number of rotatable bonds is 14. The highest BCUT2D eigenvalue weighted by atomic mass is 16.7. The molecule has 0 saturated carbocycles. The van der Waals surface area contributed by atoms with Crippen molar-refractivity contribution in [1.82, 2.24) is 0 Å². The lowest BCUT2D eigenvalue weighted by molar-refractivity contribution is -0.311. The molecule has 0 spiro atoms. The van der Waals surface area contributed by atoms with Crippen LogP contribution in [0.2, 0.25) is 0 Å². The molecule has 14 heteroatoms. The van der Waals surface area contributed by atoms with Crippen LogP contribution in [-0.4, -0.2) is 103 Å². The van der Waals surface area contributed by atoms with E-state index in [-0.39, 0.29) is 77.9 Å². The van der Waals surface area contributed by atoms with E-state index in [1.165, 1.54) is 49.6 Å². The number of hydrogen-bond donors (Lipinski definition) is 8. The number of aromatic hydroxyl groups is 5. The summed E-state index contributed by atoms with van der Waals surface area (Å²) in [7, 11) is 1.31. The number of aliphatic hydroxyl groups is 3. The summed E-state index contributed by atoms with van der Waals surface area (Å²) in [5.74, 6) is -2.51. The van der Waals surface area contributed by atoms with E-state index in [1.807, 2.05) is 0 Å². The van der Waals surface area contributed by atoms with Crippen molar-refractivity contribution >= 4 is 11.8 Å². The first-order valence-electron chi connectivity index (χ1n) is 14.8. The minimum absolute atomic E-state index is 0.0275. The van der Waals surface area contributed by atoms with Crippen LogP contribution in [0.25, 0.3) is 0 Å². The Morgan fingerprint density at radius 2 is 1.38 bits per heavy atom. The second-order valence-corrected chi connectivity index (χ2v) is 11.2. The lowest BCUT2D eigenvalue weighted by Gasteiger charge is -2.41. The summed E-state index contributed by atoms with van der Waals surface area (Å²) in [6.45, 7) is -0.553. The summed E-state index contributed by atoms with van der Waals surface area (Å²) in [5, 5.41) is 80.4. The van der Waals surface area contributed by atoms with Gasteiger partial charge in [0.2, 0.25) is 0 Å². The van der Waals surface area contributed by atoms with Crippen molar-refractivity contribution in [3.8, 4) is 34.5 Å². The highest BCUT2D eigenvalue weighted by molar-refractivity contribution is 5.90. The fourth-order valence-corrected chi connectivity index (χ4v) is 5.04. The molecule has 1 fully saturated rings. The molecule has 0 radical (unpaired) electrons.